The van der Waals surface area contributed by atoms with E-state index in [1.54, 1.807) is 41.4 Å². The lowest BCUT2D eigenvalue weighted by molar-refractivity contribution is -0.518. The average Bonchev–Trinajstić information content (AvgIpc) is 3.02. The number of nitrogens with zero attached hydrogens (tertiary/aromatic N) is 1. The zero-order chi connectivity index (χ0) is 30.1. The first-order valence-corrected chi connectivity index (χ1v) is 13.8. The molecule has 0 fully saturated rings. The van der Waals surface area contributed by atoms with Crippen LogP contribution in [-0.2, 0) is 16.0 Å². The van der Waals surface area contributed by atoms with E-state index in [4.69, 9.17) is 28.4 Å². The Labute approximate surface area is 247 Å². The van der Waals surface area contributed by atoms with Gasteiger partial charge in [-0.3, -0.25) is 0 Å². The van der Waals surface area contributed by atoms with Crippen molar-refractivity contribution in [2.75, 3.05) is 54.7 Å². The lowest BCUT2D eigenvalue weighted by Crippen LogP contribution is -2.35. The summed E-state index contributed by atoms with van der Waals surface area (Å²) in [5.41, 5.74) is 5.41. The van der Waals surface area contributed by atoms with Crippen molar-refractivity contribution in [2.24, 2.45) is 0 Å². The molecule has 0 saturated heterocycles. The van der Waals surface area contributed by atoms with E-state index in [0.29, 0.717) is 54.9 Å². The Morgan fingerprint density at radius 2 is 1.57 bits per heavy atom. The number of rotatable bonds is 13. The normalized spacial score (nSPS) is 12.7. The molecular weight excluding hydrogens is 534 g/mol. The van der Waals surface area contributed by atoms with Gasteiger partial charge in [0.05, 0.1) is 46.2 Å². The van der Waals surface area contributed by atoms with Crippen molar-refractivity contribution in [3.05, 3.63) is 89.5 Å². The molecule has 0 aromatic heterocycles. The van der Waals surface area contributed by atoms with Crippen LogP contribution in [0.15, 0.2) is 67.3 Å². The summed E-state index contributed by atoms with van der Waals surface area (Å²) < 4.78 is 36.0. The van der Waals surface area contributed by atoms with Crippen molar-refractivity contribution in [1.29, 1.82) is 0 Å². The van der Waals surface area contributed by atoms with E-state index in [2.05, 4.69) is 17.2 Å². The van der Waals surface area contributed by atoms with Crippen molar-refractivity contribution in [3.63, 3.8) is 0 Å². The summed E-state index contributed by atoms with van der Waals surface area (Å²) >= 11 is 0. The van der Waals surface area contributed by atoms with Crippen LogP contribution in [0.3, 0.4) is 0 Å². The molecule has 1 aliphatic rings. The maximum atomic E-state index is 12.9. The average molecular weight is 573 g/mol. The first kappa shape index (κ1) is 30.2. The monoisotopic (exact) mass is 572 g/mol. The molecule has 3 aromatic rings. The molecule has 3 aromatic carbocycles. The highest BCUT2D eigenvalue weighted by Crippen LogP contribution is 2.38. The second kappa shape index (κ2) is 14.3. The molecular formula is C34H38NO7+. The molecule has 42 heavy (non-hydrogen) atoms. The van der Waals surface area contributed by atoms with Crippen LogP contribution in [0.1, 0.15) is 29.2 Å². The molecule has 0 N–H and O–H groups in total. The fourth-order valence-electron chi connectivity index (χ4n) is 5.05. The predicted octanol–water partition coefficient (Wildman–Crippen LogP) is 5.45. The number of hydrogen-bond acceptors (Lipinski definition) is 7. The van der Waals surface area contributed by atoms with Gasteiger partial charge in [-0.1, -0.05) is 36.9 Å². The van der Waals surface area contributed by atoms with E-state index in [9.17, 15) is 4.79 Å². The molecule has 0 amide bonds. The molecule has 0 spiro atoms. The quantitative estimate of drug-likeness (QED) is 0.117. The summed E-state index contributed by atoms with van der Waals surface area (Å²) in [5.74, 6) is 2.83. The molecule has 1 heterocycles. The minimum absolute atomic E-state index is 0.0796. The maximum Gasteiger partial charge on any atom is 0.372 e. The van der Waals surface area contributed by atoms with E-state index >= 15 is 0 Å². The number of hydrogen-bond donors (Lipinski definition) is 0. The standard InChI is InChI=1S/C34H38NO7/c1-7-17-42-28-12-10-9-11-25(28)18-26(23-13-14-29(37-3)30(19-23)38-4)34-27-21-32(40-6)31(39-5)20-24(27)15-16-35(34)22-33(36)41-8-2/h7,9-14,18-21H,1,8,15-17,22H2,2-6H3/q+1/b26-18+. The summed E-state index contributed by atoms with van der Waals surface area (Å²) in [6.45, 7) is 6.93. The smallest absolute Gasteiger partial charge is 0.372 e. The first-order valence-electron chi connectivity index (χ1n) is 13.8. The fraction of sp³-hybridized carbons (Fsp3) is 0.294. The van der Waals surface area contributed by atoms with Gasteiger partial charge in [0.15, 0.2) is 23.0 Å². The predicted molar refractivity (Wildman–Crippen MR) is 164 cm³/mol. The number of ether oxygens (including phenoxy) is 6. The van der Waals surface area contributed by atoms with Crippen LogP contribution < -0.4 is 23.7 Å². The number of methoxy groups -OCH3 is 4. The molecule has 220 valence electrons. The zero-order valence-electron chi connectivity index (χ0n) is 24.9. The van der Waals surface area contributed by atoms with E-state index in [-0.39, 0.29) is 12.5 Å². The van der Waals surface area contributed by atoms with Crippen molar-refractivity contribution in [2.45, 2.75) is 13.3 Å². The van der Waals surface area contributed by atoms with E-state index in [1.807, 2.05) is 54.6 Å². The molecule has 0 bridgehead atoms. The third-order valence-electron chi connectivity index (χ3n) is 6.98. The minimum Gasteiger partial charge on any atom is -0.493 e. The summed E-state index contributed by atoms with van der Waals surface area (Å²) in [5, 5.41) is 0. The van der Waals surface area contributed by atoms with Gasteiger partial charge in [0.2, 0.25) is 12.3 Å². The minimum atomic E-state index is -0.305. The van der Waals surface area contributed by atoms with Gasteiger partial charge in [0.25, 0.3) is 0 Å². The molecule has 8 heteroatoms. The summed E-state index contributed by atoms with van der Waals surface area (Å²) in [6.07, 6.45) is 4.48. The Hall–Kier alpha value is -4.72. The van der Waals surface area contributed by atoms with E-state index < -0.39 is 0 Å². The van der Waals surface area contributed by atoms with Gasteiger partial charge >= 0.3 is 5.97 Å². The summed E-state index contributed by atoms with van der Waals surface area (Å²) in [4.78, 5) is 12.9. The molecule has 0 radical (unpaired) electrons. The van der Waals surface area contributed by atoms with Gasteiger partial charge in [0.1, 0.15) is 18.9 Å². The van der Waals surface area contributed by atoms with Gasteiger partial charge in [-0.05, 0) is 54.5 Å². The molecule has 0 atom stereocenters. The van der Waals surface area contributed by atoms with Crippen LogP contribution in [0.25, 0.3) is 11.6 Å². The lowest BCUT2D eigenvalue weighted by atomic mass is 9.87. The van der Waals surface area contributed by atoms with Gasteiger partial charge in [-0.25, -0.2) is 9.37 Å². The van der Waals surface area contributed by atoms with Crippen LogP contribution in [-0.4, -0.2) is 71.0 Å². The molecule has 1 aliphatic heterocycles. The van der Waals surface area contributed by atoms with Crippen molar-refractivity contribution in [3.8, 4) is 28.7 Å². The third-order valence-corrected chi connectivity index (χ3v) is 6.98. The van der Waals surface area contributed by atoms with Crippen LogP contribution in [0.5, 0.6) is 28.7 Å². The Kier molecular flexibility index (Phi) is 10.3. The van der Waals surface area contributed by atoms with Crippen molar-refractivity contribution in [1.82, 2.24) is 0 Å². The highest BCUT2D eigenvalue weighted by Gasteiger charge is 2.33. The summed E-state index contributed by atoms with van der Waals surface area (Å²) in [7, 11) is 6.45. The number of benzene rings is 3. The summed E-state index contributed by atoms with van der Waals surface area (Å²) in [6, 6.07) is 17.6. The second-order valence-corrected chi connectivity index (χ2v) is 9.45. The topological polar surface area (TPSA) is 75.5 Å². The van der Waals surface area contributed by atoms with Gasteiger partial charge in [-0.15, -0.1) is 0 Å². The lowest BCUT2D eigenvalue weighted by Gasteiger charge is -2.23. The Balaban J connectivity index is 2.06. The molecule has 0 unspecified atom stereocenters. The van der Waals surface area contributed by atoms with Crippen LogP contribution in [0.4, 0.5) is 0 Å². The zero-order valence-corrected chi connectivity index (χ0v) is 24.9. The fourth-order valence-corrected chi connectivity index (χ4v) is 5.05. The largest absolute Gasteiger partial charge is 0.493 e. The number of carbonyl (C=O) groups excluding carboxylic acids is 1. The number of para-hydroxylation sites is 1. The van der Waals surface area contributed by atoms with E-state index in [1.165, 1.54) is 0 Å². The van der Waals surface area contributed by atoms with Gasteiger partial charge in [0, 0.05) is 12.0 Å². The second-order valence-electron chi connectivity index (χ2n) is 9.45. The number of carbonyl (C=O) groups is 1. The number of fused-ring (bicyclic) bond motifs is 1. The van der Waals surface area contributed by atoms with Gasteiger partial charge < -0.3 is 28.4 Å². The van der Waals surface area contributed by atoms with E-state index in [0.717, 1.165) is 33.5 Å². The molecule has 0 saturated carbocycles. The highest BCUT2D eigenvalue weighted by atomic mass is 16.5. The molecule has 4 rings (SSSR count). The maximum absolute atomic E-state index is 12.9. The van der Waals surface area contributed by atoms with Crippen molar-refractivity contribution >= 4 is 23.3 Å². The van der Waals surface area contributed by atoms with Crippen LogP contribution >= 0.6 is 0 Å². The van der Waals surface area contributed by atoms with Crippen LogP contribution in [0, 0.1) is 0 Å². The van der Waals surface area contributed by atoms with Gasteiger partial charge in [-0.2, -0.15) is 0 Å². The number of allylic oxidation sites excluding steroid dienone is 1. The SMILES string of the molecule is C=CCOc1ccccc1/C=C(/C1=[N+](CC(=O)OCC)CCc2cc(OC)c(OC)cc21)c1ccc(OC)c(OC)c1. The van der Waals surface area contributed by atoms with Crippen LogP contribution in [0.2, 0.25) is 0 Å². The number of esters is 1. The Morgan fingerprint density at radius 3 is 2.26 bits per heavy atom. The Morgan fingerprint density at radius 1 is 0.881 bits per heavy atom. The third kappa shape index (κ3) is 6.60. The highest BCUT2D eigenvalue weighted by molar-refractivity contribution is 6.34. The molecule has 8 nitrogen and oxygen atoms in total. The Bertz CT molecular complexity index is 1510. The van der Waals surface area contributed by atoms with Crippen molar-refractivity contribution < 1.29 is 37.8 Å². The molecule has 0 aliphatic carbocycles. The first-order chi connectivity index (χ1) is 20.5.